The average Bonchev–Trinajstić information content (AvgIpc) is 2.69. The normalized spacial score (nSPS) is 20.9. The van der Waals surface area contributed by atoms with E-state index in [0.717, 1.165) is 11.0 Å². The molecule has 1 aromatic rings. The van der Waals surface area contributed by atoms with E-state index in [2.05, 4.69) is 49.3 Å². The summed E-state index contributed by atoms with van der Waals surface area (Å²) in [6, 6.07) is 0.582. The molecule has 1 fully saturated rings. The second-order valence-electron chi connectivity index (χ2n) is 7.26. The van der Waals surface area contributed by atoms with Gasteiger partial charge in [-0.1, -0.05) is 34.6 Å². The molecule has 4 heteroatoms. The SMILES string of the molecule is CC1(C)CCC(Nc2nc(C(C)(C)C)ns2)CC1. The molecule has 102 valence electrons. The molecular weight excluding hydrogens is 242 g/mol. The topological polar surface area (TPSA) is 37.8 Å². The number of hydrogen-bond acceptors (Lipinski definition) is 4. The van der Waals surface area contributed by atoms with Gasteiger partial charge >= 0.3 is 0 Å². The molecule has 0 bridgehead atoms. The first-order valence-corrected chi connectivity index (χ1v) is 7.64. The van der Waals surface area contributed by atoms with Gasteiger partial charge in [-0.2, -0.15) is 4.37 Å². The van der Waals surface area contributed by atoms with Gasteiger partial charge in [0.15, 0.2) is 0 Å². The summed E-state index contributed by atoms with van der Waals surface area (Å²) in [4.78, 5) is 4.61. The second-order valence-corrected chi connectivity index (χ2v) is 8.01. The molecule has 0 saturated heterocycles. The molecule has 0 aromatic carbocycles. The highest BCUT2D eigenvalue weighted by molar-refractivity contribution is 7.09. The molecule has 0 amide bonds. The minimum Gasteiger partial charge on any atom is -0.358 e. The van der Waals surface area contributed by atoms with Crippen LogP contribution in [0.5, 0.6) is 0 Å². The van der Waals surface area contributed by atoms with E-state index < -0.39 is 0 Å². The number of hydrogen-bond donors (Lipinski definition) is 1. The van der Waals surface area contributed by atoms with Crippen LogP contribution in [0, 0.1) is 5.41 Å². The summed E-state index contributed by atoms with van der Waals surface area (Å²) in [5, 5.41) is 4.55. The molecular formula is C14H25N3S. The highest BCUT2D eigenvalue weighted by Crippen LogP contribution is 2.36. The Morgan fingerprint density at radius 3 is 2.33 bits per heavy atom. The molecule has 18 heavy (non-hydrogen) atoms. The predicted molar refractivity (Wildman–Crippen MR) is 78.3 cm³/mol. The highest BCUT2D eigenvalue weighted by atomic mass is 32.1. The first-order valence-electron chi connectivity index (χ1n) is 6.87. The standard InChI is InChI=1S/C14H25N3S/c1-13(2,3)11-16-12(18-17-11)15-10-6-8-14(4,5)9-7-10/h10H,6-9H2,1-5H3,(H,15,16,17). The van der Waals surface area contributed by atoms with Crippen molar-refractivity contribution in [3.8, 4) is 0 Å². The molecule has 0 atom stereocenters. The maximum atomic E-state index is 4.61. The van der Waals surface area contributed by atoms with Gasteiger partial charge in [-0.05, 0) is 31.1 Å². The highest BCUT2D eigenvalue weighted by Gasteiger charge is 2.27. The molecule has 1 aromatic heterocycles. The van der Waals surface area contributed by atoms with E-state index in [9.17, 15) is 0 Å². The predicted octanol–water partition coefficient (Wildman–Crippen LogP) is 4.22. The van der Waals surface area contributed by atoms with Crippen molar-refractivity contribution in [2.75, 3.05) is 5.32 Å². The minimum atomic E-state index is 0.0466. The van der Waals surface area contributed by atoms with Crippen LogP contribution in [0.4, 0.5) is 5.13 Å². The minimum absolute atomic E-state index is 0.0466. The smallest absolute Gasteiger partial charge is 0.202 e. The van der Waals surface area contributed by atoms with Crippen LogP contribution in [-0.4, -0.2) is 15.4 Å². The fourth-order valence-corrected chi connectivity index (χ4v) is 3.14. The number of nitrogens with zero attached hydrogens (tertiary/aromatic N) is 2. The number of anilines is 1. The molecule has 3 nitrogen and oxygen atoms in total. The van der Waals surface area contributed by atoms with Crippen molar-refractivity contribution in [1.29, 1.82) is 0 Å². The summed E-state index contributed by atoms with van der Waals surface area (Å²) in [5.41, 5.74) is 0.570. The van der Waals surface area contributed by atoms with E-state index in [0.29, 0.717) is 11.5 Å². The van der Waals surface area contributed by atoms with Crippen molar-refractivity contribution >= 4 is 16.7 Å². The zero-order chi connectivity index (χ0) is 13.4. The largest absolute Gasteiger partial charge is 0.358 e. The third kappa shape index (κ3) is 3.44. The van der Waals surface area contributed by atoms with Crippen molar-refractivity contribution in [3.05, 3.63) is 5.82 Å². The monoisotopic (exact) mass is 267 g/mol. The molecule has 1 aliphatic carbocycles. The van der Waals surface area contributed by atoms with Gasteiger partial charge in [0.05, 0.1) is 0 Å². The third-order valence-electron chi connectivity index (χ3n) is 3.76. The fraction of sp³-hybridized carbons (Fsp3) is 0.857. The van der Waals surface area contributed by atoms with E-state index in [1.165, 1.54) is 37.2 Å². The lowest BCUT2D eigenvalue weighted by molar-refractivity contribution is 0.232. The van der Waals surface area contributed by atoms with Gasteiger partial charge in [0.25, 0.3) is 0 Å². The molecule has 0 unspecified atom stereocenters. The van der Waals surface area contributed by atoms with Crippen LogP contribution in [0.1, 0.15) is 66.1 Å². The molecule has 0 spiro atoms. The fourth-order valence-electron chi connectivity index (χ4n) is 2.30. The van der Waals surface area contributed by atoms with Gasteiger partial charge in [-0.25, -0.2) is 4.98 Å². The maximum absolute atomic E-state index is 4.61. The Bertz CT molecular complexity index is 393. The van der Waals surface area contributed by atoms with Crippen molar-refractivity contribution in [3.63, 3.8) is 0 Å². The first kappa shape index (κ1) is 13.8. The van der Waals surface area contributed by atoms with Gasteiger partial charge in [-0.15, -0.1) is 0 Å². The number of aromatic nitrogens is 2. The van der Waals surface area contributed by atoms with E-state index in [1.54, 1.807) is 0 Å². The Hall–Kier alpha value is -0.640. The molecule has 1 heterocycles. The van der Waals surface area contributed by atoms with Crippen LogP contribution in [-0.2, 0) is 5.41 Å². The Morgan fingerprint density at radius 2 is 1.83 bits per heavy atom. The van der Waals surface area contributed by atoms with Crippen LogP contribution in [0.2, 0.25) is 0 Å². The van der Waals surface area contributed by atoms with Gasteiger partial charge in [-0.3, -0.25) is 0 Å². The quantitative estimate of drug-likeness (QED) is 0.872. The van der Waals surface area contributed by atoms with Crippen molar-refractivity contribution in [2.24, 2.45) is 5.41 Å². The summed E-state index contributed by atoms with van der Waals surface area (Å²) in [6.45, 7) is 11.2. The van der Waals surface area contributed by atoms with Crippen molar-refractivity contribution in [1.82, 2.24) is 9.36 Å². The van der Waals surface area contributed by atoms with Crippen molar-refractivity contribution < 1.29 is 0 Å². The molecule has 1 N–H and O–H groups in total. The Balaban J connectivity index is 1.93. The number of rotatable bonds is 2. The first-order chi connectivity index (χ1) is 8.26. The summed E-state index contributed by atoms with van der Waals surface area (Å²) >= 11 is 1.50. The maximum Gasteiger partial charge on any atom is 0.202 e. The zero-order valence-corrected chi connectivity index (χ0v) is 13.0. The van der Waals surface area contributed by atoms with Crippen LogP contribution in [0.25, 0.3) is 0 Å². The summed E-state index contributed by atoms with van der Waals surface area (Å²) in [6.07, 6.45) is 5.10. The van der Waals surface area contributed by atoms with Gasteiger partial charge < -0.3 is 5.32 Å². The third-order valence-corrected chi connectivity index (χ3v) is 4.41. The lowest BCUT2D eigenvalue weighted by Crippen LogP contribution is -2.29. The molecule has 0 radical (unpaired) electrons. The van der Waals surface area contributed by atoms with Crippen LogP contribution in [0.15, 0.2) is 0 Å². The average molecular weight is 267 g/mol. The summed E-state index contributed by atoms with van der Waals surface area (Å²) in [7, 11) is 0. The van der Waals surface area contributed by atoms with Crippen LogP contribution in [0.3, 0.4) is 0 Å². The van der Waals surface area contributed by atoms with Gasteiger partial charge in [0.1, 0.15) is 5.82 Å². The van der Waals surface area contributed by atoms with E-state index in [-0.39, 0.29) is 5.41 Å². The Kier molecular flexibility index (Phi) is 3.67. The lowest BCUT2D eigenvalue weighted by Gasteiger charge is -2.34. The molecule has 0 aliphatic heterocycles. The van der Waals surface area contributed by atoms with Crippen LogP contribution >= 0.6 is 11.5 Å². The van der Waals surface area contributed by atoms with Crippen molar-refractivity contribution in [2.45, 2.75) is 71.8 Å². The Morgan fingerprint density at radius 1 is 1.22 bits per heavy atom. The van der Waals surface area contributed by atoms with Gasteiger partial charge in [0, 0.05) is 23.0 Å². The number of nitrogens with one attached hydrogen (secondary N) is 1. The molecule has 2 rings (SSSR count). The van der Waals surface area contributed by atoms with Gasteiger partial charge in [0.2, 0.25) is 5.13 Å². The summed E-state index contributed by atoms with van der Waals surface area (Å²) < 4.78 is 4.45. The van der Waals surface area contributed by atoms with E-state index in [4.69, 9.17) is 0 Å². The summed E-state index contributed by atoms with van der Waals surface area (Å²) in [5.74, 6) is 0.950. The zero-order valence-electron chi connectivity index (χ0n) is 12.2. The molecule has 1 aliphatic rings. The van der Waals surface area contributed by atoms with E-state index >= 15 is 0 Å². The van der Waals surface area contributed by atoms with E-state index in [1.807, 2.05) is 0 Å². The Labute approximate surface area is 115 Å². The lowest BCUT2D eigenvalue weighted by atomic mass is 9.76. The molecule has 1 saturated carbocycles. The van der Waals surface area contributed by atoms with Crippen LogP contribution < -0.4 is 5.32 Å². The second kappa shape index (κ2) is 4.80.